The maximum Gasteiger partial charge on any atom is 0.347 e. The molecule has 0 aliphatic carbocycles. The molecule has 0 amide bonds. The van der Waals surface area contributed by atoms with Crippen LogP contribution >= 0.6 is 0 Å². The van der Waals surface area contributed by atoms with Gasteiger partial charge in [0.05, 0.1) is 17.4 Å². The van der Waals surface area contributed by atoms with Crippen LogP contribution in [0.1, 0.15) is 11.1 Å². The number of hydrogen-bond donors (Lipinski definition) is 1. The average Bonchev–Trinajstić information content (AvgIpc) is 3.33. The summed E-state index contributed by atoms with van der Waals surface area (Å²) in [5.74, 6) is -1.35. The van der Waals surface area contributed by atoms with Crippen molar-refractivity contribution in [3.63, 3.8) is 0 Å². The predicted molar refractivity (Wildman–Crippen MR) is 101 cm³/mol. The Bertz CT molecular complexity index is 1310. The SMILES string of the molecule is Cn1cc(C2=C(c3ccc(N)c4ccoc34)C(=O)OC2=O)c2ccccc21. The Kier molecular flexibility index (Phi) is 3.06. The van der Waals surface area contributed by atoms with Crippen molar-refractivity contribution in [1.29, 1.82) is 0 Å². The molecular formula is C21H14N2O4. The smallest absolute Gasteiger partial charge is 0.347 e. The Morgan fingerprint density at radius 1 is 0.889 bits per heavy atom. The van der Waals surface area contributed by atoms with Gasteiger partial charge in [-0.15, -0.1) is 0 Å². The summed E-state index contributed by atoms with van der Waals surface area (Å²) in [4.78, 5) is 25.2. The molecule has 3 heterocycles. The van der Waals surface area contributed by atoms with E-state index in [2.05, 4.69) is 0 Å². The quantitative estimate of drug-likeness (QED) is 0.337. The lowest BCUT2D eigenvalue weighted by Crippen LogP contribution is -2.02. The zero-order chi connectivity index (χ0) is 18.7. The molecule has 0 saturated carbocycles. The lowest BCUT2D eigenvalue weighted by atomic mass is 9.94. The van der Waals surface area contributed by atoms with E-state index in [1.54, 1.807) is 18.2 Å². The Balaban J connectivity index is 1.88. The number of carbonyl (C=O) groups is 2. The van der Waals surface area contributed by atoms with Crippen molar-refractivity contribution in [2.45, 2.75) is 0 Å². The van der Waals surface area contributed by atoms with Crippen LogP contribution in [0.3, 0.4) is 0 Å². The number of esters is 2. The molecule has 27 heavy (non-hydrogen) atoms. The van der Waals surface area contributed by atoms with Crippen LogP contribution in [0.2, 0.25) is 0 Å². The van der Waals surface area contributed by atoms with Crippen molar-refractivity contribution in [2.24, 2.45) is 7.05 Å². The number of benzene rings is 2. The molecule has 5 rings (SSSR count). The molecule has 0 fully saturated rings. The van der Waals surface area contributed by atoms with Gasteiger partial charge in [0.1, 0.15) is 5.58 Å². The number of nitrogens with two attached hydrogens (primary N) is 1. The molecule has 1 aliphatic rings. The minimum absolute atomic E-state index is 0.191. The molecule has 6 heteroatoms. The number of nitrogens with zero attached hydrogens (tertiary/aromatic N) is 1. The fourth-order valence-electron chi connectivity index (χ4n) is 3.70. The molecule has 0 radical (unpaired) electrons. The second-order valence-corrected chi connectivity index (χ2v) is 6.46. The molecule has 4 aromatic rings. The molecule has 0 bridgehead atoms. The summed E-state index contributed by atoms with van der Waals surface area (Å²) < 4.78 is 12.5. The number of para-hydroxylation sites is 1. The zero-order valence-corrected chi connectivity index (χ0v) is 14.4. The highest BCUT2D eigenvalue weighted by Gasteiger charge is 2.37. The number of hydrogen-bond acceptors (Lipinski definition) is 5. The fourth-order valence-corrected chi connectivity index (χ4v) is 3.70. The van der Waals surface area contributed by atoms with Gasteiger partial charge in [-0.1, -0.05) is 18.2 Å². The summed E-state index contributed by atoms with van der Waals surface area (Å²) in [6.07, 6.45) is 3.33. The first-order chi connectivity index (χ1) is 13.1. The molecule has 0 atom stereocenters. The van der Waals surface area contributed by atoms with Crippen LogP contribution in [0, 0.1) is 0 Å². The Labute approximate surface area is 153 Å². The van der Waals surface area contributed by atoms with E-state index in [1.807, 2.05) is 42.1 Å². The first-order valence-corrected chi connectivity index (χ1v) is 8.37. The number of anilines is 1. The number of aromatic nitrogens is 1. The van der Waals surface area contributed by atoms with Gasteiger partial charge in [-0.2, -0.15) is 0 Å². The average molecular weight is 358 g/mol. The van der Waals surface area contributed by atoms with Crippen LogP contribution in [0.4, 0.5) is 5.69 Å². The number of ether oxygens (including phenoxy) is 1. The van der Waals surface area contributed by atoms with E-state index >= 15 is 0 Å². The van der Waals surface area contributed by atoms with Gasteiger partial charge in [-0.3, -0.25) is 0 Å². The van der Waals surface area contributed by atoms with Crippen molar-refractivity contribution in [1.82, 2.24) is 4.57 Å². The number of fused-ring (bicyclic) bond motifs is 2. The van der Waals surface area contributed by atoms with Crippen LogP contribution < -0.4 is 5.73 Å². The van der Waals surface area contributed by atoms with E-state index in [0.717, 1.165) is 10.9 Å². The maximum atomic E-state index is 12.6. The van der Waals surface area contributed by atoms with E-state index in [4.69, 9.17) is 14.9 Å². The lowest BCUT2D eigenvalue weighted by Gasteiger charge is -2.05. The van der Waals surface area contributed by atoms with Crippen LogP contribution in [-0.2, 0) is 21.4 Å². The third-order valence-electron chi connectivity index (χ3n) is 4.93. The van der Waals surface area contributed by atoms with Crippen LogP contribution in [0.5, 0.6) is 0 Å². The molecule has 0 unspecified atom stereocenters. The minimum atomic E-state index is -0.689. The van der Waals surface area contributed by atoms with Crippen molar-refractivity contribution < 1.29 is 18.7 Å². The first kappa shape index (κ1) is 15.5. The number of cyclic esters (lactones) is 2. The largest absolute Gasteiger partial charge is 0.464 e. The molecule has 2 aromatic heterocycles. The second kappa shape index (κ2) is 5.35. The van der Waals surface area contributed by atoms with Crippen molar-refractivity contribution >= 4 is 50.6 Å². The molecule has 2 aromatic carbocycles. The normalized spacial score (nSPS) is 14.6. The number of furan rings is 1. The first-order valence-electron chi connectivity index (χ1n) is 8.37. The summed E-state index contributed by atoms with van der Waals surface area (Å²) in [6.45, 7) is 0. The standard InChI is InChI=1S/C21H14N2O4/c1-23-10-14(11-4-2-3-5-16(11)23)18-17(20(24)27-21(18)25)13-6-7-15(22)12-8-9-26-19(12)13/h2-10H,22H2,1H3. The van der Waals surface area contributed by atoms with E-state index in [-0.39, 0.29) is 11.1 Å². The topological polar surface area (TPSA) is 87.5 Å². The lowest BCUT2D eigenvalue weighted by molar-refractivity contribution is -0.149. The van der Waals surface area contributed by atoms with E-state index in [0.29, 0.717) is 27.8 Å². The number of aryl methyl sites for hydroxylation is 1. The maximum absolute atomic E-state index is 12.6. The van der Waals surface area contributed by atoms with Crippen LogP contribution in [0.25, 0.3) is 33.0 Å². The highest BCUT2D eigenvalue weighted by molar-refractivity contribution is 6.46. The van der Waals surface area contributed by atoms with Gasteiger partial charge in [0.2, 0.25) is 0 Å². The number of rotatable bonds is 2. The summed E-state index contributed by atoms with van der Waals surface area (Å²) in [7, 11) is 1.89. The minimum Gasteiger partial charge on any atom is -0.464 e. The molecule has 132 valence electrons. The second-order valence-electron chi connectivity index (χ2n) is 6.46. The van der Waals surface area contributed by atoms with Crippen LogP contribution in [0.15, 0.2) is 59.3 Å². The Hall–Kier alpha value is -3.80. The van der Waals surface area contributed by atoms with Gasteiger partial charge in [-0.05, 0) is 24.3 Å². The third kappa shape index (κ3) is 2.07. The van der Waals surface area contributed by atoms with Crippen molar-refractivity contribution in [3.05, 3.63) is 66.1 Å². The summed E-state index contributed by atoms with van der Waals surface area (Å²) >= 11 is 0. The third-order valence-corrected chi connectivity index (χ3v) is 4.93. The molecule has 1 aliphatic heterocycles. The molecular weight excluding hydrogens is 344 g/mol. The van der Waals surface area contributed by atoms with Gasteiger partial charge < -0.3 is 19.5 Å². The van der Waals surface area contributed by atoms with Crippen molar-refractivity contribution in [3.8, 4) is 0 Å². The molecule has 2 N–H and O–H groups in total. The Morgan fingerprint density at radius 3 is 2.44 bits per heavy atom. The summed E-state index contributed by atoms with van der Waals surface area (Å²) in [5, 5.41) is 1.55. The molecule has 6 nitrogen and oxygen atoms in total. The number of nitrogen functional groups attached to an aromatic ring is 1. The van der Waals surface area contributed by atoms with Crippen LogP contribution in [-0.4, -0.2) is 16.5 Å². The van der Waals surface area contributed by atoms with Gasteiger partial charge in [0.15, 0.2) is 0 Å². The fraction of sp³-hybridized carbons (Fsp3) is 0.0476. The van der Waals surface area contributed by atoms with Gasteiger partial charge >= 0.3 is 11.9 Å². The van der Waals surface area contributed by atoms with Crippen molar-refractivity contribution in [2.75, 3.05) is 5.73 Å². The molecule has 0 spiro atoms. The predicted octanol–water partition coefficient (Wildman–Crippen LogP) is 3.50. The zero-order valence-electron chi connectivity index (χ0n) is 14.4. The monoisotopic (exact) mass is 358 g/mol. The Morgan fingerprint density at radius 2 is 1.63 bits per heavy atom. The highest BCUT2D eigenvalue weighted by Crippen LogP contribution is 2.40. The van der Waals surface area contributed by atoms with E-state index in [9.17, 15) is 9.59 Å². The van der Waals surface area contributed by atoms with Gasteiger partial charge in [0, 0.05) is 46.3 Å². The van der Waals surface area contributed by atoms with E-state index in [1.165, 1.54) is 6.26 Å². The number of carbonyl (C=O) groups excluding carboxylic acids is 2. The molecule has 0 saturated heterocycles. The van der Waals surface area contributed by atoms with Gasteiger partial charge in [-0.25, -0.2) is 9.59 Å². The summed E-state index contributed by atoms with van der Waals surface area (Å²) in [6, 6.07) is 12.8. The highest BCUT2D eigenvalue weighted by atomic mass is 16.6. The summed E-state index contributed by atoms with van der Waals surface area (Å²) in [5.41, 5.74) is 9.49. The van der Waals surface area contributed by atoms with Gasteiger partial charge in [0.25, 0.3) is 0 Å². The van der Waals surface area contributed by atoms with E-state index < -0.39 is 11.9 Å².